The summed E-state index contributed by atoms with van der Waals surface area (Å²) in [5.41, 5.74) is 0. The number of ether oxygens (including phenoxy) is 6. The van der Waals surface area contributed by atoms with Gasteiger partial charge in [0.2, 0.25) is 0 Å². The van der Waals surface area contributed by atoms with E-state index in [0.29, 0.717) is 39.6 Å². The maximum atomic E-state index is 10.7. The summed E-state index contributed by atoms with van der Waals surface area (Å²) in [6.45, 7) is 12.1. The molecule has 0 spiro atoms. The van der Waals surface area contributed by atoms with E-state index in [-0.39, 0.29) is 26.2 Å². The molecule has 0 bridgehead atoms. The SMILES string of the molecule is CCOC(=O)SSC(=O)OCC.CCOC(=O)SSC(=O)OCC.CCOC(=O)SSC(=O)OCC.[Bi]. The molecule has 0 saturated heterocycles. The molecular weight excluding hydrogens is 810 g/mol. The van der Waals surface area contributed by atoms with Crippen molar-refractivity contribution in [3.05, 3.63) is 0 Å². The monoisotopic (exact) mass is 839 g/mol. The zero-order chi connectivity index (χ0) is 28.2. The number of carbonyl (C=O) groups excluding carboxylic acids is 6. The molecular formula is C18H30BiO12S6. The second-order valence-electron chi connectivity index (χ2n) is 4.60. The van der Waals surface area contributed by atoms with E-state index in [1.165, 1.54) is 0 Å². The first-order chi connectivity index (χ1) is 17.1. The molecule has 0 aliphatic rings. The molecule has 37 heavy (non-hydrogen) atoms. The van der Waals surface area contributed by atoms with Gasteiger partial charge in [-0.15, -0.1) is 0 Å². The molecule has 0 amide bonds. The second kappa shape index (κ2) is 33.8. The van der Waals surface area contributed by atoms with Crippen molar-refractivity contribution in [2.45, 2.75) is 41.5 Å². The quantitative estimate of drug-likeness (QED) is 0.111. The maximum Gasteiger partial charge on any atom is 0.378 e. The van der Waals surface area contributed by atoms with E-state index in [9.17, 15) is 28.8 Å². The Hall–Kier alpha value is -0.197. The van der Waals surface area contributed by atoms with Crippen molar-refractivity contribution in [2.24, 2.45) is 0 Å². The molecule has 0 aromatic carbocycles. The van der Waals surface area contributed by atoms with Crippen LogP contribution in [0.15, 0.2) is 0 Å². The summed E-state index contributed by atoms with van der Waals surface area (Å²) in [5.74, 6) is 0. The first-order valence-electron chi connectivity index (χ1n) is 10.1. The van der Waals surface area contributed by atoms with Gasteiger partial charge in [0.1, 0.15) is 0 Å². The van der Waals surface area contributed by atoms with Gasteiger partial charge < -0.3 is 28.4 Å². The van der Waals surface area contributed by atoms with E-state index >= 15 is 0 Å². The van der Waals surface area contributed by atoms with Gasteiger partial charge >= 0.3 is 31.8 Å². The Labute approximate surface area is 259 Å². The molecule has 0 aliphatic carbocycles. The maximum absolute atomic E-state index is 10.7. The van der Waals surface area contributed by atoms with Crippen LogP contribution in [0.3, 0.4) is 0 Å². The molecule has 19 heteroatoms. The fourth-order valence-electron chi connectivity index (χ4n) is 1.06. The molecule has 0 N–H and O–H groups in total. The summed E-state index contributed by atoms with van der Waals surface area (Å²) in [6.07, 6.45) is 0. The summed E-state index contributed by atoms with van der Waals surface area (Å²) in [6, 6.07) is 0. The topological polar surface area (TPSA) is 158 Å². The Morgan fingerprint density at radius 3 is 0.541 bits per heavy atom. The number of rotatable bonds is 6. The fourth-order valence-corrected chi connectivity index (χ4v) is 4.55. The van der Waals surface area contributed by atoms with Gasteiger partial charge in [-0.2, -0.15) is 0 Å². The minimum absolute atomic E-state index is 0. The second-order valence-corrected chi connectivity index (χ2v) is 10.6. The third-order valence-corrected chi connectivity index (χ3v) is 7.08. The Morgan fingerprint density at radius 1 is 0.351 bits per heavy atom. The van der Waals surface area contributed by atoms with E-state index < -0.39 is 31.8 Å². The van der Waals surface area contributed by atoms with Crippen LogP contribution in [-0.4, -0.2) is 97.7 Å². The molecule has 0 rings (SSSR count). The molecule has 12 nitrogen and oxygen atoms in total. The first-order valence-corrected chi connectivity index (χ1v) is 16.6. The minimum Gasteiger partial charge on any atom is -0.457 e. The van der Waals surface area contributed by atoms with Gasteiger partial charge in [0.05, 0.1) is 39.6 Å². The Morgan fingerprint density at radius 2 is 0.459 bits per heavy atom. The van der Waals surface area contributed by atoms with Gasteiger partial charge in [0.25, 0.3) is 0 Å². The summed E-state index contributed by atoms with van der Waals surface area (Å²) in [7, 11) is 4.38. The number of hydrogen-bond acceptors (Lipinski definition) is 18. The Bertz CT molecular complexity index is 517. The van der Waals surface area contributed by atoms with Crippen LogP contribution in [0.25, 0.3) is 0 Å². The number of hydrogen-bond donors (Lipinski definition) is 0. The van der Waals surface area contributed by atoms with Crippen molar-refractivity contribution in [3.8, 4) is 0 Å². The van der Waals surface area contributed by atoms with E-state index in [4.69, 9.17) is 0 Å². The molecule has 215 valence electrons. The Balaban J connectivity index is -0.000000218. The van der Waals surface area contributed by atoms with Gasteiger partial charge in [0, 0.05) is 91.0 Å². The van der Waals surface area contributed by atoms with E-state index in [2.05, 4.69) is 28.4 Å². The summed E-state index contributed by atoms with van der Waals surface area (Å²) >= 11 is 0. The summed E-state index contributed by atoms with van der Waals surface area (Å²) in [4.78, 5) is 64.0. The predicted molar refractivity (Wildman–Crippen MR) is 153 cm³/mol. The van der Waals surface area contributed by atoms with E-state index in [1.807, 2.05) is 0 Å². The molecule has 0 saturated carbocycles. The van der Waals surface area contributed by atoms with Crippen molar-refractivity contribution in [1.29, 1.82) is 0 Å². The smallest absolute Gasteiger partial charge is 0.378 e. The molecule has 0 fully saturated rings. The molecule has 0 unspecified atom stereocenters. The van der Waals surface area contributed by atoms with Crippen molar-refractivity contribution >= 4 is 123 Å². The van der Waals surface area contributed by atoms with Crippen LogP contribution in [0.5, 0.6) is 0 Å². The largest absolute Gasteiger partial charge is 0.457 e. The molecule has 0 heterocycles. The van der Waals surface area contributed by atoms with Crippen molar-refractivity contribution in [1.82, 2.24) is 0 Å². The third kappa shape index (κ3) is 38.0. The van der Waals surface area contributed by atoms with Crippen LogP contribution >= 0.6 is 64.8 Å². The predicted octanol–water partition coefficient (Wildman–Crippen LogP) is 7.66. The average molecular weight is 840 g/mol. The van der Waals surface area contributed by atoms with Crippen LogP contribution in [0.1, 0.15) is 41.5 Å². The van der Waals surface area contributed by atoms with Gasteiger partial charge in [0.15, 0.2) is 0 Å². The zero-order valence-corrected chi connectivity index (χ0v) is 29.4. The van der Waals surface area contributed by atoms with Crippen LogP contribution in [0, 0.1) is 0 Å². The van der Waals surface area contributed by atoms with Crippen LogP contribution in [-0.2, 0) is 28.4 Å². The third-order valence-electron chi connectivity index (χ3n) is 2.11. The molecule has 0 atom stereocenters. The van der Waals surface area contributed by atoms with Crippen LogP contribution in [0.2, 0.25) is 0 Å². The van der Waals surface area contributed by atoms with Crippen LogP contribution < -0.4 is 0 Å². The van der Waals surface area contributed by atoms with Crippen molar-refractivity contribution in [3.63, 3.8) is 0 Å². The minimum atomic E-state index is -0.476. The van der Waals surface area contributed by atoms with Gasteiger partial charge in [-0.05, 0) is 41.5 Å². The standard InChI is InChI=1S/3C6H10O4S2.Bi/c3*1-3-9-5(7)11-12-6(8)10-4-2;/h3*3-4H2,1-2H3;. The number of carbonyl (C=O) groups is 6. The average Bonchev–Trinajstić information content (AvgIpc) is 2.82. The molecule has 0 aliphatic heterocycles. The summed E-state index contributed by atoms with van der Waals surface area (Å²) in [5, 5.41) is -2.86. The van der Waals surface area contributed by atoms with E-state index in [0.717, 1.165) is 64.8 Å². The van der Waals surface area contributed by atoms with Crippen molar-refractivity contribution in [2.75, 3.05) is 39.6 Å². The van der Waals surface area contributed by atoms with Gasteiger partial charge in [-0.3, -0.25) is 0 Å². The molecule has 0 aromatic rings. The van der Waals surface area contributed by atoms with Gasteiger partial charge in [-0.25, -0.2) is 28.8 Å². The zero-order valence-electron chi connectivity index (χ0n) is 21.0. The Kier molecular flexibility index (Phi) is 40.1. The fraction of sp³-hybridized carbons (Fsp3) is 0.667. The van der Waals surface area contributed by atoms with E-state index in [1.54, 1.807) is 41.5 Å². The summed E-state index contributed by atoms with van der Waals surface area (Å²) < 4.78 is 27.4. The van der Waals surface area contributed by atoms with Crippen molar-refractivity contribution < 1.29 is 57.2 Å². The van der Waals surface area contributed by atoms with Gasteiger partial charge in [-0.1, -0.05) is 0 Å². The van der Waals surface area contributed by atoms with Crippen LogP contribution in [0.4, 0.5) is 28.8 Å². The normalized spacial score (nSPS) is 8.92. The first kappa shape index (κ1) is 43.8. The molecule has 3 radical (unpaired) electrons. The molecule has 0 aromatic heterocycles.